The van der Waals surface area contributed by atoms with Gasteiger partial charge in [-0.15, -0.1) is 0 Å². The van der Waals surface area contributed by atoms with Crippen molar-refractivity contribution in [3.8, 4) is 11.5 Å². The Hall–Kier alpha value is -3.54. The fraction of sp³-hybridized carbons (Fsp3) is 0.100. The molecule has 4 N–H and O–H groups in total. The van der Waals surface area contributed by atoms with Gasteiger partial charge in [0.1, 0.15) is 12.1 Å². The maximum Gasteiger partial charge on any atom is 0.157 e. The van der Waals surface area contributed by atoms with Crippen LogP contribution in [0.3, 0.4) is 0 Å². The van der Waals surface area contributed by atoms with E-state index in [0.717, 1.165) is 27.7 Å². The van der Waals surface area contributed by atoms with Gasteiger partial charge in [-0.25, -0.2) is 9.97 Å². The zero-order valence-electron chi connectivity index (χ0n) is 14.1. The molecule has 2 heterocycles. The normalized spacial score (nSPS) is 12.2. The van der Waals surface area contributed by atoms with Crippen molar-refractivity contribution in [1.29, 1.82) is 0 Å². The van der Waals surface area contributed by atoms with Crippen LogP contribution in [0.25, 0.3) is 10.9 Å². The van der Waals surface area contributed by atoms with E-state index in [9.17, 15) is 10.2 Å². The van der Waals surface area contributed by atoms with Crippen LogP contribution < -0.4 is 5.32 Å². The molecule has 0 saturated heterocycles. The summed E-state index contributed by atoms with van der Waals surface area (Å²) in [5.74, 6) is 0.363. The minimum Gasteiger partial charge on any atom is -0.504 e. The maximum atomic E-state index is 9.98. The van der Waals surface area contributed by atoms with Crippen LogP contribution in [0.15, 0.2) is 61.1 Å². The lowest BCUT2D eigenvalue weighted by Gasteiger charge is -2.21. The number of aromatic nitrogens is 3. The maximum absolute atomic E-state index is 9.98. The summed E-state index contributed by atoms with van der Waals surface area (Å²) in [5, 5.41) is 24.2. The third-order valence-electron chi connectivity index (χ3n) is 4.44. The summed E-state index contributed by atoms with van der Waals surface area (Å²) in [6.45, 7) is 2.02. The van der Waals surface area contributed by atoms with Gasteiger partial charge in [-0.3, -0.25) is 0 Å². The summed E-state index contributed by atoms with van der Waals surface area (Å²) in [6, 6.07) is 14.4. The molecule has 0 radical (unpaired) electrons. The number of aromatic hydroxyl groups is 2. The van der Waals surface area contributed by atoms with E-state index < -0.39 is 0 Å². The van der Waals surface area contributed by atoms with Crippen molar-refractivity contribution >= 4 is 16.7 Å². The van der Waals surface area contributed by atoms with Crippen molar-refractivity contribution in [2.24, 2.45) is 0 Å². The first-order chi connectivity index (χ1) is 12.6. The number of fused-ring (bicyclic) bond motifs is 1. The fourth-order valence-corrected chi connectivity index (χ4v) is 3.24. The first-order valence-corrected chi connectivity index (χ1v) is 8.25. The first-order valence-electron chi connectivity index (χ1n) is 8.25. The molecule has 26 heavy (non-hydrogen) atoms. The van der Waals surface area contributed by atoms with Crippen molar-refractivity contribution in [3.63, 3.8) is 0 Å². The predicted octanol–water partition coefficient (Wildman–Crippen LogP) is 3.88. The summed E-state index contributed by atoms with van der Waals surface area (Å²) in [4.78, 5) is 11.6. The fourth-order valence-electron chi connectivity index (χ4n) is 3.24. The Morgan fingerprint density at radius 2 is 1.88 bits per heavy atom. The van der Waals surface area contributed by atoms with E-state index in [1.807, 2.05) is 25.1 Å². The molecule has 0 aliphatic carbocycles. The Morgan fingerprint density at radius 3 is 2.65 bits per heavy atom. The van der Waals surface area contributed by atoms with Crippen LogP contribution in [0.5, 0.6) is 11.5 Å². The summed E-state index contributed by atoms with van der Waals surface area (Å²) >= 11 is 0. The molecule has 130 valence electrons. The number of aryl methyl sites for hydroxylation is 1. The molecule has 0 aliphatic heterocycles. The number of phenols is 2. The van der Waals surface area contributed by atoms with Gasteiger partial charge < -0.3 is 20.5 Å². The topological polar surface area (TPSA) is 94.1 Å². The highest BCUT2D eigenvalue weighted by molar-refractivity contribution is 5.86. The molecule has 0 amide bonds. The number of H-pyrrole nitrogens is 1. The average Bonchev–Trinajstić information content (AvgIpc) is 2.99. The molecule has 0 spiro atoms. The highest BCUT2D eigenvalue weighted by atomic mass is 16.3. The largest absolute Gasteiger partial charge is 0.504 e. The Balaban J connectivity index is 1.89. The van der Waals surface area contributed by atoms with E-state index in [0.29, 0.717) is 5.82 Å². The van der Waals surface area contributed by atoms with Gasteiger partial charge in [-0.05, 0) is 36.8 Å². The monoisotopic (exact) mass is 346 g/mol. The Kier molecular flexibility index (Phi) is 3.93. The molecule has 1 unspecified atom stereocenters. The van der Waals surface area contributed by atoms with Gasteiger partial charge in [0, 0.05) is 28.4 Å². The molecule has 6 heteroatoms. The van der Waals surface area contributed by atoms with Gasteiger partial charge >= 0.3 is 0 Å². The standard InChI is InChI=1S/C20H18N4O2/c1-12-19(14-4-2-3-5-15(14)23-12)20(24-18-8-9-21-11-22-18)13-6-7-16(25)17(26)10-13/h2-11,20,23,25-26H,1H3,(H,21,22,24). The van der Waals surface area contributed by atoms with Gasteiger partial charge in [-0.1, -0.05) is 24.3 Å². The number of hydrogen-bond acceptors (Lipinski definition) is 5. The molecule has 0 fully saturated rings. The van der Waals surface area contributed by atoms with Crippen LogP contribution >= 0.6 is 0 Å². The number of rotatable bonds is 4. The molecule has 2 aromatic carbocycles. The highest BCUT2D eigenvalue weighted by Gasteiger charge is 2.22. The van der Waals surface area contributed by atoms with E-state index in [-0.39, 0.29) is 17.5 Å². The molecular formula is C20H18N4O2. The minimum absolute atomic E-state index is 0.148. The van der Waals surface area contributed by atoms with Crippen molar-refractivity contribution in [2.45, 2.75) is 13.0 Å². The Bertz CT molecular complexity index is 1060. The number of nitrogens with one attached hydrogen (secondary N) is 2. The van der Waals surface area contributed by atoms with Crippen LogP contribution in [0.1, 0.15) is 22.9 Å². The molecule has 0 aliphatic rings. The molecule has 6 nitrogen and oxygen atoms in total. The van der Waals surface area contributed by atoms with E-state index in [1.54, 1.807) is 24.4 Å². The van der Waals surface area contributed by atoms with Crippen molar-refractivity contribution in [3.05, 3.63) is 77.9 Å². The lowest BCUT2D eigenvalue weighted by molar-refractivity contribution is 0.403. The quantitative estimate of drug-likeness (QED) is 0.421. The number of hydrogen-bond donors (Lipinski definition) is 4. The van der Waals surface area contributed by atoms with Crippen molar-refractivity contribution in [1.82, 2.24) is 15.0 Å². The summed E-state index contributed by atoms with van der Waals surface area (Å²) in [5.41, 5.74) is 3.93. The Labute approximate surface area is 150 Å². The van der Waals surface area contributed by atoms with E-state index in [2.05, 4.69) is 26.3 Å². The summed E-state index contributed by atoms with van der Waals surface area (Å²) < 4.78 is 0. The highest BCUT2D eigenvalue weighted by Crippen LogP contribution is 2.37. The summed E-state index contributed by atoms with van der Waals surface area (Å²) in [6.07, 6.45) is 3.15. The van der Waals surface area contributed by atoms with Gasteiger partial charge in [0.15, 0.2) is 11.5 Å². The molecule has 4 aromatic rings. The van der Waals surface area contributed by atoms with Crippen molar-refractivity contribution in [2.75, 3.05) is 5.32 Å². The first kappa shape index (κ1) is 16.0. The number of benzene rings is 2. The number of anilines is 1. The predicted molar refractivity (Wildman–Crippen MR) is 100 cm³/mol. The van der Waals surface area contributed by atoms with Gasteiger partial charge in [0.25, 0.3) is 0 Å². The lowest BCUT2D eigenvalue weighted by Crippen LogP contribution is -2.14. The number of phenolic OH excluding ortho intramolecular Hbond substituents is 2. The van der Waals surface area contributed by atoms with Crippen LogP contribution in [0, 0.1) is 6.92 Å². The van der Waals surface area contributed by atoms with E-state index in [4.69, 9.17) is 0 Å². The molecular weight excluding hydrogens is 328 g/mol. The number of aromatic amines is 1. The van der Waals surface area contributed by atoms with Gasteiger partial charge in [-0.2, -0.15) is 0 Å². The number of nitrogens with zero attached hydrogens (tertiary/aromatic N) is 2. The SMILES string of the molecule is Cc1[nH]c2ccccc2c1C(Nc1ccncn1)c1ccc(O)c(O)c1. The van der Waals surface area contributed by atoms with Crippen molar-refractivity contribution < 1.29 is 10.2 Å². The van der Waals surface area contributed by atoms with Crippen LogP contribution in [0.4, 0.5) is 5.82 Å². The smallest absolute Gasteiger partial charge is 0.157 e. The molecule has 4 rings (SSSR count). The zero-order chi connectivity index (χ0) is 18.1. The van der Waals surface area contributed by atoms with Crippen LogP contribution in [0.2, 0.25) is 0 Å². The third-order valence-corrected chi connectivity index (χ3v) is 4.44. The lowest BCUT2D eigenvalue weighted by atomic mass is 9.95. The second-order valence-electron chi connectivity index (χ2n) is 6.13. The zero-order valence-corrected chi connectivity index (χ0v) is 14.1. The summed E-state index contributed by atoms with van der Waals surface area (Å²) in [7, 11) is 0. The number of para-hydroxylation sites is 1. The van der Waals surface area contributed by atoms with Gasteiger partial charge in [0.05, 0.1) is 6.04 Å². The molecule has 0 saturated carbocycles. The van der Waals surface area contributed by atoms with Crippen LogP contribution in [-0.2, 0) is 0 Å². The molecule has 1 atom stereocenters. The van der Waals surface area contributed by atoms with Gasteiger partial charge in [0.2, 0.25) is 0 Å². The molecule has 2 aromatic heterocycles. The third kappa shape index (κ3) is 2.82. The van der Waals surface area contributed by atoms with Crippen LogP contribution in [-0.4, -0.2) is 25.2 Å². The van der Waals surface area contributed by atoms with E-state index in [1.165, 1.54) is 12.4 Å². The second-order valence-corrected chi connectivity index (χ2v) is 6.13. The average molecular weight is 346 g/mol. The Morgan fingerprint density at radius 1 is 1.04 bits per heavy atom. The van der Waals surface area contributed by atoms with E-state index >= 15 is 0 Å². The molecule has 0 bridgehead atoms. The second kappa shape index (κ2) is 6.40. The minimum atomic E-state index is -0.271.